The van der Waals surface area contributed by atoms with Crippen molar-refractivity contribution in [1.29, 1.82) is 0 Å². The molecule has 312 valence electrons. The Labute approximate surface area is 330 Å². The number of nitro groups is 1. The third-order valence-corrected chi connectivity index (χ3v) is 10.5. The van der Waals surface area contributed by atoms with Gasteiger partial charge in [-0.15, -0.1) is 0 Å². The van der Waals surface area contributed by atoms with E-state index in [1.807, 2.05) is 0 Å². The number of nitrogens with zero attached hydrogens (tertiary/aromatic N) is 1. The number of esters is 2. The van der Waals surface area contributed by atoms with Crippen molar-refractivity contribution in [2.45, 2.75) is 232 Å². The molecule has 0 saturated heterocycles. The van der Waals surface area contributed by atoms with Crippen molar-refractivity contribution in [3.63, 3.8) is 0 Å². The average molecular weight is 760 g/mol. The van der Waals surface area contributed by atoms with Crippen LogP contribution in [0.5, 0.6) is 5.75 Å². The van der Waals surface area contributed by atoms with Crippen molar-refractivity contribution in [3.8, 4) is 5.75 Å². The number of carbonyl (C=O) groups is 2. The Bertz CT molecular complexity index is 1010. The van der Waals surface area contributed by atoms with Gasteiger partial charge in [-0.1, -0.05) is 194 Å². The molecule has 0 fully saturated rings. The molecule has 0 spiro atoms. The van der Waals surface area contributed by atoms with Gasteiger partial charge in [0.15, 0.2) is 0 Å². The van der Waals surface area contributed by atoms with Gasteiger partial charge in [-0.05, 0) is 25.0 Å². The van der Waals surface area contributed by atoms with Crippen LogP contribution in [0.15, 0.2) is 24.3 Å². The Hall–Kier alpha value is -2.64. The first-order valence-corrected chi connectivity index (χ1v) is 22.7. The molecule has 0 aliphatic heterocycles. The summed E-state index contributed by atoms with van der Waals surface area (Å²) in [5.41, 5.74) is -0.00560. The van der Waals surface area contributed by atoms with Gasteiger partial charge < -0.3 is 14.2 Å². The first-order valence-electron chi connectivity index (χ1n) is 22.7. The van der Waals surface area contributed by atoms with Gasteiger partial charge >= 0.3 is 11.9 Å². The standard InChI is InChI=1S/C46H81NO7/c1-3-5-7-9-11-13-15-17-19-21-23-25-27-29-31-33-45(48)53-41-44(39-40-52-43-37-35-42(36-38-43)47(50)51)54-46(49)34-32-30-28-26-24-22-20-18-16-14-12-10-8-6-4-2/h35-38,44H,3-34,39-41H2,1-2H3. The summed E-state index contributed by atoms with van der Waals surface area (Å²) < 4.78 is 17.1. The van der Waals surface area contributed by atoms with E-state index in [2.05, 4.69) is 13.8 Å². The van der Waals surface area contributed by atoms with Crippen molar-refractivity contribution in [2.24, 2.45) is 0 Å². The predicted molar refractivity (Wildman–Crippen MR) is 223 cm³/mol. The van der Waals surface area contributed by atoms with E-state index >= 15 is 0 Å². The minimum atomic E-state index is -0.600. The lowest BCUT2D eigenvalue weighted by atomic mass is 10.0. The van der Waals surface area contributed by atoms with Gasteiger partial charge in [0.2, 0.25) is 0 Å². The molecule has 0 radical (unpaired) electrons. The lowest BCUT2D eigenvalue weighted by Crippen LogP contribution is -2.27. The quantitative estimate of drug-likeness (QED) is 0.0284. The molecule has 0 bridgehead atoms. The van der Waals surface area contributed by atoms with Crippen molar-refractivity contribution in [1.82, 2.24) is 0 Å². The molecule has 0 heterocycles. The van der Waals surface area contributed by atoms with Crippen LogP contribution in [0.4, 0.5) is 5.69 Å². The van der Waals surface area contributed by atoms with Gasteiger partial charge in [0.05, 0.1) is 11.5 Å². The molecular weight excluding hydrogens is 679 g/mol. The van der Waals surface area contributed by atoms with E-state index in [0.29, 0.717) is 25.0 Å². The summed E-state index contributed by atoms with van der Waals surface area (Å²) in [4.78, 5) is 35.7. The lowest BCUT2D eigenvalue weighted by Gasteiger charge is -2.18. The highest BCUT2D eigenvalue weighted by Gasteiger charge is 2.18. The maximum Gasteiger partial charge on any atom is 0.306 e. The highest BCUT2D eigenvalue weighted by atomic mass is 16.6. The van der Waals surface area contributed by atoms with Crippen molar-refractivity contribution >= 4 is 17.6 Å². The fourth-order valence-electron chi connectivity index (χ4n) is 6.93. The summed E-state index contributed by atoms with van der Waals surface area (Å²) in [6, 6.07) is 5.88. The van der Waals surface area contributed by atoms with Crippen LogP contribution in [0.2, 0.25) is 0 Å². The topological polar surface area (TPSA) is 105 Å². The van der Waals surface area contributed by atoms with Crippen molar-refractivity contribution in [3.05, 3.63) is 34.4 Å². The molecule has 1 unspecified atom stereocenters. The van der Waals surface area contributed by atoms with Crippen LogP contribution in [0.3, 0.4) is 0 Å². The predicted octanol–water partition coefficient (Wildman–Crippen LogP) is 14.3. The fourth-order valence-corrected chi connectivity index (χ4v) is 6.93. The van der Waals surface area contributed by atoms with Gasteiger partial charge in [-0.3, -0.25) is 19.7 Å². The zero-order valence-corrected chi connectivity index (χ0v) is 34.9. The minimum absolute atomic E-state index is 0.00560. The van der Waals surface area contributed by atoms with Gasteiger partial charge in [0.1, 0.15) is 18.5 Å². The molecule has 8 nitrogen and oxygen atoms in total. The molecule has 1 aromatic rings. The SMILES string of the molecule is CCCCCCCCCCCCCCCCCC(=O)OCC(CCOc1ccc([N+](=O)[O-])cc1)OC(=O)CCCCCCCCCCCCCCCCC. The zero-order valence-electron chi connectivity index (χ0n) is 34.9. The Kier molecular flexibility index (Phi) is 34.1. The largest absolute Gasteiger partial charge is 0.493 e. The number of benzene rings is 1. The molecule has 0 aliphatic carbocycles. The van der Waals surface area contributed by atoms with Crippen LogP contribution in [0, 0.1) is 10.1 Å². The van der Waals surface area contributed by atoms with E-state index in [1.165, 1.54) is 166 Å². The van der Waals surface area contributed by atoms with E-state index < -0.39 is 11.0 Å². The number of hydrogen-bond acceptors (Lipinski definition) is 7. The summed E-state index contributed by atoms with van der Waals surface area (Å²) in [6.07, 6.45) is 38.6. The van der Waals surface area contributed by atoms with Crippen LogP contribution in [0.25, 0.3) is 0 Å². The average Bonchev–Trinajstić information content (AvgIpc) is 3.17. The number of non-ortho nitro benzene ring substituents is 1. The van der Waals surface area contributed by atoms with Gasteiger partial charge in [0, 0.05) is 31.4 Å². The van der Waals surface area contributed by atoms with Crippen LogP contribution in [-0.2, 0) is 19.1 Å². The highest BCUT2D eigenvalue weighted by Crippen LogP contribution is 2.19. The van der Waals surface area contributed by atoms with Gasteiger partial charge in [-0.25, -0.2) is 0 Å². The second-order valence-electron chi connectivity index (χ2n) is 15.6. The van der Waals surface area contributed by atoms with Crippen molar-refractivity contribution in [2.75, 3.05) is 13.2 Å². The Balaban J connectivity index is 2.23. The highest BCUT2D eigenvalue weighted by molar-refractivity contribution is 5.70. The van der Waals surface area contributed by atoms with E-state index in [4.69, 9.17) is 14.2 Å². The Morgan fingerprint density at radius 3 is 1.26 bits per heavy atom. The summed E-state index contributed by atoms with van der Waals surface area (Å²) >= 11 is 0. The Morgan fingerprint density at radius 1 is 0.537 bits per heavy atom. The molecule has 1 atom stereocenters. The second kappa shape index (κ2) is 37.3. The molecule has 1 aromatic carbocycles. The van der Waals surface area contributed by atoms with Gasteiger partial charge in [0.25, 0.3) is 5.69 Å². The summed E-state index contributed by atoms with van der Waals surface area (Å²) in [5.74, 6) is -0.0402. The number of ether oxygens (including phenoxy) is 3. The van der Waals surface area contributed by atoms with Crippen LogP contribution < -0.4 is 4.74 Å². The van der Waals surface area contributed by atoms with E-state index in [0.717, 1.165) is 38.5 Å². The van der Waals surface area contributed by atoms with Crippen LogP contribution in [0.1, 0.15) is 226 Å². The summed E-state index contributed by atoms with van der Waals surface area (Å²) in [5, 5.41) is 10.9. The third kappa shape index (κ3) is 31.7. The molecule has 1 rings (SSSR count). The van der Waals surface area contributed by atoms with Crippen LogP contribution >= 0.6 is 0 Å². The molecule has 0 aliphatic rings. The molecule has 0 N–H and O–H groups in total. The lowest BCUT2D eigenvalue weighted by molar-refractivity contribution is -0.384. The maximum absolute atomic E-state index is 12.7. The van der Waals surface area contributed by atoms with E-state index in [-0.39, 0.29) is 30.8 Å². The zero-order chi connectivity index (χ0) is 39.2. The fraction of sp³-hybridized carbons (Fsp3) is 0.826. The number of unbranched alkanes of at least 4 members (excludes halogenated alkanes) is 28. The molecule has 0 amide bonds. The van der Waals surface area contributed by atoms with Crippen molar-refractivity contribution < 1.29 is 28.7 Å². The van der Waals surface area contributed by atoms with E-state index in [9.17, 15) is 19.7 Å². The molecule has 0 saturated carbocycles. The molecular formula is C46H81NO7. The monoisotopic (exact) mass is 760 g/mol. The maximum atomic E-state index is 12.7. The third-order valence-electron chi connectivity index (χ3n) is 10.5. The van der Waals surface area contributed by atoms with E-state index in [1.54, 1.807) is 12.1 Å². The molecule has 54 heavy (non-hydrogen) atoms. The van der Waals surface area contributed by atoms with Crippen LogP contribution in [-0.4, -0.2) is 36.2 Å². The number of nitro benzene ring substituents is 1. The molecule has 0 aromatic heterocycles. The number of carbonyl (C=O) groups excluding carboxylic acids is 2. The number of rotatable bonds is 40. The normalized spacial score (nSPS) is 11.7. The van der Waals surface area contributed by atoms with Gasteiger partial charge in [-0.2, -0.15) is 0 Å². The Morgan fingerprint density at radius 2 is 0.889 bits per heavy atom. The number of hydrogen-bond donors (Lipinski definition) is 0. The smallest absolute Gasteiger partial charge is 0.306 e. The first-order chi connectivity index (χ1) is 26.5. The first kappa shape index (κ1) is 49.4. The minimum Gasteiger partial charge on any atom is -0.493 e. The summed E-state index contributed by atoms with van der Waals surface area (Å²) in [7, 11) is 0. The molecule has 8 heteroatoms. The summed E-state index contributed by atoms with van der Waals surface area (Å²) in [6.45, 7) is 4.77. The second-order valence-corrected chi connectivity index (χ2v) is 15.6.